The number of hydrogen-bond acceptors (Lipinski definition) is 2. The van der Waals surface area contributed by atoms with Gasteiger partial charge in [0.1, 0.15) is 0 Å². The topological polar surface area (TPSA) is 32.3 Å². The van der Waals surface area contributed by atoms with E-state index in [9.17, 15) is 4.79 Å². The quantitative estimate of drug-likeness (QED) is 0.846. The second-order valence-corrected chi connectivity index (χ2v) is 6.79. The molecule has 2 aromatic carbocycles. The summed E-state index contributed by atoms with van der Waals surface area (Å²) < 4.78 is 0. The number of rotatable bonds is 7. The van der Waals surface area contributed by atoms with Crippen molar-refractivity contribution in [2.24, 2.45) is 0 Å². The molecule has 3 nitrogen and oxygen atoms in total. The molecular weight excluding hydrogens is 296 g/mol. The molecule has 1 aliphatic rings. The van der Waals surface area contributed by atoms with Gasteiger partial charge in [0, 0.05) is 18.6 Å². The second-order valence-electron chi connectivity index (χ2n) is 6.79. The molecule has 1 saturated carbocycles. The Labute approximate surface area is 144 Å². The van der Waals surface area contributed by atoms with E-state index in [0.717, 1.165) is 11.6 Å². The van der Waals surface area contributed by atoms with E-state index < -0.39 is 0 Å². The van der Waals surface area contributed by atoms with Gasteiger partial charge in [0.2, 0.25) is 5.91 Å². The molecule has 24 heavy (non-hydrogen) atoms. The van der Waals surface area contributed by atoms with Crippen molar-refractivity contribution < 1.29 is 4.79 Å². The summed E-state index contributed by atoms with van der Waals surface area (Å²) in [6, 6.07) is 19.7. The lowest BCUT2D eigenvalue weighted by molar-refractivity contribution is -0.120. The van der Waals surface area contributed by atoms with Crippen LogP contribution < -0.4 is 5.32 Å². The molecule has 0 radical (unpaired) electrons. The molecule has 0 heterocycles. The molecule has 0 aliphatic heterocycles. The van der Waals surface area contributed by atoms with Crippen LogP contribution in [-0.4, -0.2) is 36.5 Å². The summed E-state index contributed by atoms with van der Waals surface area (Å²) in [5.41, 5.74) is 3.43. The molecule has 1 fully saturated rings. The third-order valence-corrected chi connectivity index (χ3v) is 4.84. The summed E-state index contributed by atoms with van der Waals surface area (Å²) in [7, 11) is 2.15. The van der Waals surface area contributed by atoms with Crippen LogP contribution in [0.15, 0.2) is 54.6 Å². The van der Waals surface area contributed by atoms with Gasteiger partial charge in [-0.3, -0.25) is 9.69 Å². The van der Waals surface area contributed by atoms with Crippen LogP contribution >= 0.6 is 0 Å². The molecule has 1 aliphatic carbocycles. The predicted octanol–water partition coefficient (Wildman–Crippen LogP) is 3.50. The fourth-order valence-electron chi connectivity index (χ4n) is 2.94. The maximum Gasteiger partial charge on any atom is 0.224 e. The number of nitrogens with zero attached hydrogens (tertiary/aromatic N) is 1. The van der Waals surface area contributed by atoms with Gasteiger partial charge in [-0.25, -0.2) is 0 Å². The molecule has 1 atom stereocenters. The van der Waals surface area contributed by atoms with Crippen LogP contribution in [0.5, 0.6) is 0 Å². The van der Waals surface area contributed by atoms with Gasteiger partial charge < -0.3 is 5.32 Å². The Balaban J connectivity index is 1.49. The van der Waals surface area contributed by atoms with Crippen LogP contribution in [0.25, 0.3) is 11.1 Å². The summed E-state index contributed by atoms with van der Waals surface area (Å²) in [4.78, 5) is 14.5. The lowest BCUT2D eigenvalue weighted by Gasteiger charge is -2.24. The van der Waals surface area contributed by atoms with Crippen molar-refractivity contribution >= 4 is 5.91 Å². The van der Waals surface area contributed by atoms with Gasteiger partial charge in [-0.2, -0.15) is 0 Å². The number of nitrogens with one attached hydrogen (secondary N) is 1. The first-order valence-corrected chi connectivity index (χ1v) is 8.76. The smallest absolute Gasteiger partial charge is 0.224 e. The van der Waals surface area contributed by atoms with Gasteiger partial charge >= 0.3 is 0 Å². The minimum Gasteiger partial charge on any atom is -0.354 e. The number of carbonyl (C=O) groups is 1. The number of benzene rings is 2. The third kappa shape index (κ3) is 4.45. The van der Waals surface area contributed by atoms with Crippen molar-refractivity contribution in [1.82, 2.24) is 10.2 Å². The van der Waals surface area contributed by atoms with Crippen LogP contribution in [0.4, 0.5) is 0 Å². The van der Waals surface area contributed by atoms with Crippen molar-refractivity contribution in [2.75, 3.05) is 13.6 Å². The fourth-order valence-corrected chi connectivity index (χ4v) is 2.94. The summed E-state index contributed by atoms with van der Waals surface area (Å²) in [5, 5.41) is 3.06. The standard InChI is InChI=1S/C21H26N2O/c1-16(23(2)20-12-13-20)15-22-21(24)14-17-8-10-19(11-9-17)18-6-4-3-5-7-18/h3-11,16,20H,12-15H2,1-2H3,(H,22,24). The maximum absolute atomic E-state index is 12.2. The van der Waals surface area contributed by atoms with Gasteiger partial charge in [-0.1, -0.05) is 54.6 Å². The number of amides is 1. The fraction of sp³-hybridized carbons (Fsp3) is 0.381. The van der Waals surface area contributed by atoms with Crippen LogP contribution in [0, 0.1) is 0 Å². The molecule has 3 rings (SSSR count). The number of hydrogen-bond donors (Lipinski definition) is 1. The van der Waals surface area contributed by atoms with E-state index in [1.165, 1.54) is 24.0 Å². The average Bonchev–Trinajstić information content (AvgIpc) is 3.45. The molecule has 0 spiro atoms. The van der Waals surface area contributed by atoms with Gasteiger partial charge in [0.15, 0.2) is 0 Å². The Hall–Kier alpha value is -2.13. The molecular formula is C21H26N2O. The molecule has 126 valence electrons. The highest BCUT2D eigenvalue weighted by atomic mass is 16.1. The van der Waals surface area contributed by atoms with Crippen molar-refractivity contribution in [3.8, 4) is 11.1 Å². The van der Waals surface area contributed by atoms with Crippen LogP contribution in [0.1, 0.15) is 25.3 Å². The van der Waals surface area contributed by atoms with Crippen molar-refractivity contribution in [3.05, 3.63) is 60.2 Å². The molecule has 1 unspecified atom stereocenters. The molecule has 1 N–H and O–H groups in total. The third-order valence-electron chi connectivity index (χ3n) is 4.84. The predicted molar refractivity (Wildman–Crippen MR) is 98.8 cm³/mol. The Kier molecular flexibility index (Phi) is 5.31. The Morgan fingerprint density at radius 1 is 1.08 bits per heavy atom. The molecule has 1 amide bonds. The van der Waals surface area contributed by atoms with Crippen LogP contribution in [0.2, 0.25) is 0 Å². The highest BCUT2D eigenvalue weighted by molar-refractivity contribution is 5.78. The highest BCUT2D eigenvalue weighted by Gasteiger charge is 2.29. The molecule has 2 aromatic rings. The van der Waals surface area contributed by atoms with Gasteiger partial charge in [0.05, 0.1) is 6.42 Å². The Morgan fingerprint density at radius 2 is 1.71 bits per heavy atom. The van der Waals surface area contributed by atoms with E-state index in [1.54, 1.807) is 0 Å². The van der Waals surface area contributed by atoms with Crippen LogP contribution in [0.3, 0.4) is 0 Å². The first-order valence-electron chi connectivity index (χ1n) is 8.76. The zero-order valence-electron chi connectivity index (χ0n) is 14.5. The van der Waals surface area contributed by atoms with E-state index >= 15 is 0 Å². The molecule has 3 heteroatoms. The zero-order chi connectivity index (χ0) is 16.9. The SMILES string of the molecule is CC(CNC(=O)Cc1ccc(-c2ccccc2)cc1)N(C)C1CC1. The Morgan fingerprint density at radius 3 is 2.33 bits per heavy atom. The molecule has 0 aromatic heterocycles. The monoisotopic (exact) mass is 322 g/mol. The number of likely N-dealkylation sites (N-methyl/N-ethyl adjacent to an activating group) is 1. The Bertz CT molecular complexity index is 662. The van der Waals surface area contributed by atoms with E-state index in [-0.39, 0.29) is 5.91 Å². The van der Waals surface area contributed by atoms with E-state index in [4.69, 9.17) is 0 Å². The van der Waals surface area contributed by atoms with Crippen molar-refractivity contribution in [2.45, 2.75) is 38.3 Å². The van der Waals surface area contributed by atoms with E-state index in [1.807, 2.05) is 30.3 Å². The zero-order valence-corrected chi connectivity index (χ0v) is 14.5. The normalized spacial score (nSPS) is 15.3. The lowest BCUT2D eigenvalue weighted by atomic mass is 10.0. The minimum absolute atomic E-state index is 0.0958. The summed E-state index contributed by atoms with van der Waals surface area (Å²) >= 11 is 0. The van der Waals surface area contributed by atoms with Gasteiger partial charge in [-0.05, 0) is 43.5 Å². The lowest BCUT2D eigenvalue weighted by Crippen LogP contribution is -2.41. The van der Waals surface area contributed by atoms with E-state index in [2.05, 4.69) is 48.5 Å². The largest absolute Gasteiger partial charge is 0.354 e. The summed E-state index contributed by atoms with van der Waals surface area (Å²) in [6.45, 7) is 2.89. The number of carbonyl (C=O) groups excluding carboxylic acids is 1. The minimum atomic E-state index is 0.0958. The van der Waals surface area contributed by atoms with Crippen LogP contribution in [-0.2, 0) is 11.2 Å². The van der Waals surface area contributed by atoms with Gasteiger partial charge in [-0.15, -0.1) is 0 Å². The van der Waals surface area contributed by atoms with Crippen molar-refractivity contribution in [1.29, 1.82) is 0 Å². The maximum atomic E-state index is 12.2. The highest BCUT2D eigenvalue weighted by Crippen LogP contribution is 2.26. The van der Waals surface area contributed by atoms with Crippen molar-refractivity contribution in [3.63, 3.8) is 0 Å². The first kappa shape index (κ1) is 16.7. The average molecular weight is 322 g/mol. The first-order chi connectivity index (χ1) is 11.6. The summed E-state index contributed by atoms with van der Waals surface area (Å²) in [6.07, 6.45) is 3.03. The molecule has 0 bridgehead atoms. The summed E-state index contributed by atoms with van der Waals surface area (Å²) in [5.74, 6) is 0.0958. The van der Waals surface area contributed by atoms with E-state index in [0.29, 0.717) is 19.0 Å². The molecule has 0 saturated heterocycles. The second kappa shape index (κ2) is 7.63. The van der Waals surface area contributed by atoms with Gasteiger partial charge in [0.25, 0.3) is 0 Å².